The van der Waals surface area contributed by atoms with Crippen LogP contribution in [0.5, 0.6) is 0 Å². The number of aromatic nitrogens is 1. The second-order valence-corrected chi connectivity index (χ2v) is 5.28. The molecule has 0 radical (unpaired) electrons. The van der Waals surface area contributed by atoms with Crippen molar-refractivity contribution in [3.8, 4) is 0 Å². The van der Waals surface area contributed by atoms with Crippen molar-refractivity contribution in [2.75, 3.05) is 17.2 Å². The van der Waals surface area contributed by atoms with Gasteiger partial charge < -0.3 is 10.6 Å². The molecule has 2 rings (SSSR count). The molecule has 0 saturated carbocycles. The molecule has 0 unspecified atom stereocenters. The molecule has 1 aromatic carbocycles. The molecular weight excluding hydrogens is 303 g/mol. The molecular formula is C13H12F3N3OS. The molecule has 2 N–H and O–H groups in total. The second-order valence-electron chi connectivity index (χ2n) is 4.22. The highest BCUT2D eigenvalue weighted by molar-refractivity contribution is 7.09. The number of anilines is 2. The summed E-state index contributed by atoms with van der Waals surface area (Å²) in [5.41, 5.74) is 0.718. The topological polar surface area (TPSA) is 54.0 Å². The zero-order chi connectivity index (χ0) is 15.5. The zero-order valence-electron chi connectivity index (χ0n) is 11.0. The summed E-state index contributed by atoms with van der Waals surface area (Å²) in [4.78, 5) is 16.0. The maximum Gasteiger partial charge on any atom is 0.405 e. The number of nitrogens with zero attached hydrogens (tertiary/aromatic N) is 1. The Kier molecular flexibility index (Phi) is 4.46. The third-order valence-corrected chi connectivity index (χ3v) is 3.28. The first kappa shape index (κ1) is 15.3. The molecule has 0 spiro atoms. The molecule has 0 fully saturated rings. The van der Waals surface area contributed by atoms with Crippen LogP contribution in [0.15, 0.2) is 29.6 Å². The zero-order valence-corrected chi connectivity index (χ0v) is 11.8. The number of benzene rings is 1. The van der Waals surface area contributed by atoms with Crippen LogP contribution < -0.4 is 10.6 Å². The van der Waals surface area contributed by atoms with Gasteiger partial charge >= 0.3 is 6.18 Å². The number of para-hydroxylation sites is 2. The smallest absolute Gasteiger partial charge is 0.375 e. The van der Waals surface area contributed by atoms with Crippen LogP contribution in [0.1, 0.15) is 15.5 Å². The normalized spacial score (nSPS) is 11.2. The molecule has 8 heteroatoms. The monoisotopic (exact) mass is 315 g/mol. The largest absolute Gasteiger partial charge is 0.405 e. The van der Waals surface area contributed by atoms with Crippen LogP contribution >= 0.6 is 11.3 Å². The summed E-state index contributed by atoms with van der Waals surface area (Å²) in [6.45, 7) is 0.593. The molecule has 0 aliphatic rings. The highest BCUT2D eigenvalue weighted by atomic mass is 32.1. The van der Waals surface area contributed by atoms with Gasteiger partial charge in [-0.2, -0.15) is 13.2 Å². The number of alkyl halides is 3. The number of hydrogen-bond donors (Lipinski definition) is 2. The summed E-state index contributed by atoms with van der Waals surface area (Å²) in [5.74, 6) is -0.458. The number of rotatable bonds is 4. The lowest BCUT2D eigenvalue weighted by Gasteiger charge is -2.13. The number of halogens is 3. The second kappa shape index (κ2) is 6.13. The Hall–Kier alpha value is -2.09. The summed E-state index contributed by atoms with van der Waals surface area (Å²) in [6.07, 6.45) is -4.33. The minimum absolute atomic E-state index is 0.204. The van der Waals surface area contributed by atoms with Gasteiger partial charge in [0.25, 0.3) is 5.91 Å². The molecule has 0 aliphatic heterocycles. The first-order valence-electron chi connectivity index (χ1n) is 5.98. The van der Waals surface area contributed by atoms with E-state index in [1.165, 1.54) is 23.5 Å². The van der Waals surface area contributed by atoms with E-state index in [2.05, 4.69) is 15.6 Å². The van der Waals surface area contributed by atoms with Crippen molar-refractivity contribution in [3.63, 3.8) is 0 Å². The Balaban J connectivity index is 2.11. The van der Waals surface area contributed by atoms with Crippen LogP contribution in [0.25, 0.3) is 0 Å². The number of amides is 1. The predicted molar refractivity (Wildman–Crippen MR) is 75.8 cm³/mol. The molecule has 0 aliphatic carbocycles. The van der Waals surface area contributed by atoms with Crippen LogP contribution in [-0.4, -0.2) is 23.6 Å². The highest BCUT2D eigenvalue weighted by Gasteiger charge is 2.27. The molecule has 1 amide bonds. The van der Waals surface area contributed by atoms with Crippen LogP contribution in [0.3, 0.4) is 0 Å². The molecule has 21 heavy (non-hydrogen) atoms. The number of carbonyl (C=O) groups is 1. The van der Waals surface area contributed by atoms with Gasteiger partial charge in [0, 0.05) is 5.38 Å². The van der Waals surface area contributed by atoms with Crippen molar-refractivity contribution >= 4 is 28.6 Å². The van der Waals surface area contributed by atoms with E-state index in [-0.39, 0.29) is 17.1 Å². The average molecular weight is 315 g/mol. The Bertz CT molecular complexity index is 640. The van der Waals surface area contributed by atoms with E-state index in [1.807, 2.05) is 0 Å². The van der Waals surface area contributed by atoms with Crippen LogP contribution in [0, 0.1) is 6.92 Å². The summed E-state index contributed by atoms with van der Waals surface area (Å²) in [5, 5.41) is 7.14. The van der Waals surface area contributed by atoms with Gasteiger partial charge in [0.1, 0.15) is 12.2 Å². The molecule has 2 aromatic rings. The SMILES string of the molecule is Cc1nc(C(=O)Nc2ccccc2NCC(F)(F)F)cs1. The van der Waals surface area contributed by atoms with Gasteiger partial charge in [-0.1, -0.05) is 12.1 Å². The Morgan fingerprint density at radius 3 is 2.52 bits per heavy atom. The molecule has 4 nitrogen and oxygen atoms in total. The van der Waals surface area contributed by atoms with Crippen molar-refractivity contribution in [2.45, 2.75) is 13.1 Å². The lowest BCUT2D eigenvalue weighted by atomic mass is 10.2. The van der Waals surface area contributed by atoms with E-state index in [0.29, 0.717) is 0 Å². The number of hydrogen-bond acceptors (Lipinski definition) is 4. The van der Waals surface area contributed by atoms with Gasteiger partial charge in [0.05, 0.1) is 16.4 Å². The fraction of sp³-hybridized carbons (Fsp3) is 0.231. The minimum atomic E-state index is -4.33. The van der Waals surface area contributed by atoms with E-state index in [1.54, 1.807) is 24.4 Å². The van der Waals surface area contributed by atoms with Gasteiger partial charge in [-0.3, -0.25) is 4.79 Å². The predicted octanol–water partition coefficient (Wildman–Crippen LogP) is 3.68. The lowest BCUT2D eigenvalue weighted by Crippen LogP contribution is -2.22. The van der Waals surface area contributed by atoms with E-state index in [4.69, 9.17) is 0 Å². The molecule has 1 heterocycles. The van der Waals surface area contributed by atoms with Crippen LogP contribution in [-0.2, 0) is 0 Å². The summed E-state index contributed by atoms with van der Waals surface area (Å²) in [7, 11) is 0. The maximum atomic E-state index is 12.2. The van der Waals surface area contributed by atoms with Crippen molar-refractivity contribution in [3.05, 3.63) is 40.3 Å². The lowest BCUT2D eigenvalue weighted by molar-refractivity contribution is -0.115. The van der Waals surface area contributed by atoms with E-state index >= 15 is 0 Å². The molecule has 1 aromatic heterocycles. The first-order valence-corrected chi connectivity index (χ1v) is 6.86. The Morgan fingerprint density at radius 1 is 1.29 bits per heavy atom. The fourth-order valence-electron chi connectivity index (χ4n) is 1.60. The van der Waals surface area contributed by atoms with Crippen molar-refractivity contribution in [1.82, 2.24) is 4.98 Å². The molecule has 112 valence electrons. The van der Waals surface area contributed by atoms with Crippen molar-refractivity contribution < 1.29 is 18.0 Å². The number of carbonyl (C=O) groups excluding carboxylic acids is 1. The van der Waals surface area contributed by atoms with E-state index < -0.39 is 18.6 Å². The number of aryl methyl sites for hydroxylation is 1. The first-order chi connectivity index (χ1) is 9.85. The standard InChI is InChI=1S/C13H12F3N3OS/c1-8-18-11(6-21-8)12(20)19-10-5-3-2-4-9(10)17-7-13(14,15)16/h2-6,17H,7H2,1H3,(H,19,20). The maximum absolute atomic E-state index is 12.2. The Morgan fingerprint density at radius 2 is 1.95 bits per heavy atom. The van der Waals surface area contributed by atoms with Crippen molar-refractivity contribution in [1.29, 1.82) is 0 Å². The quantitative estimate of drug-likeness (QED) is 0.905. The van der Waals surface area contributed by atoms with Gasteiger partial charge in [-0.25, -0.2) is 4.98 Å². The average Bonchev–Trinajstić information content (AvgIpc) is 2.83. The molecule has 0 bridgehead atoms. The fourth-order valence-corrected chi connectivity index (χ4v) is 2.19. The van der Waals surface area contributed by atoms with E-state index in [0.717, 1.165) is 5.01 Å². The summed E-state index contributed by atoms with van der Waals surface area (Å²) in [6, 6.07) is 6.20. The Labute approximate surface area is 123 Å². The van der Waals surface area contributed by atoms with Gasteiger partial charge in [0.15, 0.2) is 0 Å². The van der Waals surface area contributed by atoms with Gasteiger partial charge in [0.2, 0.25) is 0 Å². The summed E-state index contributed by atoms with van der Waals surface area (Å²) >= 11 is 1.32. The minimum Gasteiger partial charge on any atom is -0.375 e. The van der Waals surface area contributed by atoms with E-state index in [9.17, 15) is 18.0 Å². The van der Waals surface area contributed by atoms with Gasteiger partial charge in [-0.15, -0.1) is 11.3 Å². The highest BCUT2D eigenvalue weighted by Crippen LogP contribution is 2.24. The number of nitrogens with one attached hydrogen (secondary N) is 2. The third kappa shape index (κ3) is 4.45. The van der Waals surface area contributed by atoms with Crippen LogP contribution in [0.2, 0.25) is 0 Å². The third-order valence-electron chi connectivity index (χ3n) is 2.51. The van der Waals surface area contributed by atoms with Gasteiger partial charge in [-0.05, 0) is 19.1 Å². The van der Waals surface area contributed by atoms with Crippen molar-refractivity contribution in [2.24, 2.45) is 0 Å². The molecule has 0 atom stereocenters. The summed E-state index contributed by atoms with van der Waals surface area (Å²) < 4.78 is 36.7. The van der Waals surface area contributed by atoms with Crippen LogP contribution in [0.4, 0.5) is 24.5 Å². The number of thiazole rings is 1. The molecule has 0 saturated heterocycles.